The lowest BCUT2D eigenvalue weighted by atomic mass is 10.1. The first-order valence-corrected chi connectivity index (χ1v) is 10.1. The summed E-state index contributed by atoms with van der Waals surface area (Å²) in [5.41, 5.74) is 3.68. The molecule has 0 saturated carbocycles. The predicted molar refractivity (Wildman–Crippen MR) is 120 cm³/mol. The number of carbonyl (C=O) groups excluding carboxylic acids is 1. The van der Waals surface area contributed by atoms with Gasteiger partial charge in [-0.15, -0.1) is 0 Å². The van der Waals surface area contributed by atoms with Gasteiger partial charge in [0, 0.05) is 38.8 Å². The van der Waals surface area contributed by atoms with E-state index >= 15 is 0 Å². The molecule has 1 amide bonds. The number of likely N-dealkylation sites (N-methyl/N-ethyl adjacent to an activating group) is 1. The summed E-state index contributed by atoms with van der Waals surface area (Å²) in [6, 6.07) is 12.4. The third-order valence-electron chi connectivity index (χ3n) is 4.71. The van der Waals surface area contributed by atoms with Crippen molar-refractivity contribution < 1.29 is 9.18 Å². The van der Waals surface area contributed by atoms with E-state index in [-0.39, 0.29) is 11.7 Å². The minimum Gasteiger partial charge on any atom is -0.356 e. The van der Waals surface area contributed by atoms with Gasteiger partial charge in [-0.25, -0.2) is 4.39 Å². The van der Waals surface area contributed by atoms with Crippen molar-refractivity contribution in [2.45, 2.75) is 19.9 Å². The third kappa shape index (κ3) is 7.83. The maximum Gasteiger partial charge on any atom is 0.251 e. The zero-order chi connectivity index (χ0) is 21.9. The number of benzene rings is 2. The third-order valence-corrected chi connectivity index (χ3v) is 4.71. The lowest BCUT2D eigenvalue weighted by Gasteiger charge is -2.14. The van der Waals surface area contributed by atoms with Gasteiger partial charge in [-0.1, -0.05) is 18.2 Å². The summed E-state index contributed by atoms with van der Waals surface area (Å²) in [5, 5.41) is 9.45. The first kappa shape index (κ1) is 23.3. The monoisotopic (exact) mass is 413 g/mol. The van der Waals surface area contributed by atoms with Crippen LogP contribution in [-0.2, 0) is 13.0 Å². The van der Waals surface area contributed by atoms with E-state index in [0.29, 0.717) is 31.2 Å². The average Bonchev–Trinajstić information content (AvgIpc) is 2.71. The van der Waals surface area contributed by atoms with Gasteiger partial charge in [-0.2, -0.15) is 0 Å². The van der Waals surface area contributed by atoms with Crippen LogP contribution in [0.1, 0.15) is 27.0 Å². The maximum absolute atomic E-state index is 13.2. The molecule has 0 unspecified atom stereocenters. The summed E-state index contributed by atoms with van der Waals surface area (Å²) in [6.07, 6.45) is 0.773. The Bertz CT molecular complexity index is 866. The summed E-state index contributed by atoms with van der Waals surface area (Å²) in [6.45, 7) is 4.55. The van der Waals surface area contributed by atoms with Crippen LogP contribution < -0.4 is 16.0 Å². The number of hydrogen-bond donors (Lipinski definition) is 3. The van der Waals surface area contributed by atoms with Crippen LogP contribution >= 0.6 is 0 Å². The van der Waals surface area contributed by atoms with Crippen molar-refractivity contribution >= 4 is 11.9 Å². The van der Waals surface area contributed by atoms with Gasteiger partial charge < -0.3 is 20.9 Å². The first-order valence-electron chi connectivity index (χ1n) is 10.1. The molecule has 2 aromatic rings. The second kappa shape index (κ2) is 11.9. The Morgan fingerprint density at radius 1 is 1.07 bits per heavy atom. The zero-order valence-corrected chi connectivity index (χ0v) is 18.3. The Hall–Kier alpha value is -2.93. The number of nitrogens with one attached hydrogen (secondary N) is 3. The number of nitrogens with zero attached hydrogens (tertiary/aromatic N) is 2. The number of carbonyl (C=O) groups is 1. The van der Waals surface area contributed by atoms with Crippen LogP contribution in [0.4, 0.5) is 4.39 Å². The molecule has 0 saturated heterocycles. The number of amides is 1. The maximum atomic E-state index is 13.2. The number of aliphatic imine (C=N–C) groups is 1. The number of rotatable bonds is 9. The van der Waals surface area contributed by atoms with Gasteiger partial charge in [0.2, 0.25) is 0 Å². The van der Waals surface area contributed by atoms with E-state index in [1.807, 2.05) is 56.3 Å². The Kier molecular flexibility index (Phi) is 9.28. The van der Waals surface area contributed by atoms with E-state index < -0.39 is 0 Å². The lowest BCUT2D eigenvalue weighted by Crippen LogP contribution is -2.38. The van der Waals surface area contributed by atoms with Gasteiger partial charge in [-0.3, -0.25) is 9.79 Å². The highest BCUT2D eigenvalue weighted by molar-refractivity contribution is 5.94. The molecule has 2 rings (SSSR count). The molecule has 0 atom stereocenters. The average molecular weight is 414 g/mol. The summed E-state index contributed by atoms with van der Waals surface area (Å²) in [4.78, 5) is 18.5. The normalized spacial score (nSPS) is 11.5. The van der Waals surface area contributed by atoms with Crippen molar-refractivity contribution in [3.05, 3.63) is 70.5 Å². The van der Waals surface area contributed by atoms with E-state index in [0.717, 1.165) is 29.7 Å². The Labute approximate surface area is 178 Å². The van der Waals surface area contributed by atoms with E-state index in [2.05, 4.69) is 20.9 Å². The highest BCUT2D eigenvalue weighted by Gasteiger charge is 2.07. The number of halogens is 1. The molecule has 0 aliphatic rings. The number of hydrogen-bond acceptors (Lipinski definition) is 3. The molecule has 0 spiro atoms. The molecule has 0 bridgehead atoms. The summed E-state index contributed by atoms with van der Waals surface area (Å²) >= 11 is 0. The van der Waals surface area contributed by atoms with Crippen LogP contribution in [0.15, 0.2) is 47.5 Å². The quantitative estimate of drug-likeness (QED) is 0.436. The lowest BCUT2D eigenvalue weighted by molar-refractivity contribution is 0.0951. The molecular formula is C23H32FN5O. The van der Waals surface area contributed by atoms with Crippen molar-refractivity contribution in [1.29, 1.82) is 0 Å². The van der Waals surface area contributed by atoms with Gasteiger partial charge in [0.15, 0.2) is 5.96 Å². The van der Waals surface area contributed by atoms with Crippen LogP contribution in [0.25, 0.3) is 0 Å². The van der Waals surface area contributed by atoms with Crippen LogP contribution in [0, 0.1) is 12.7 Å². The topological polar surface area (TPSA) is 68.8 Å². The minimum absolute atomic E-state index is 0.0733. The van der Waals surface area contributed by atoms with E-state index in [4.69, 9.17) is 0 Å². The number of guanidine groups is 1. The van der Waals surface area contributed by atoms with Crippen LogP contribution in [-0.4, -0.2) is 57.5 Å². The SMILES string of the molecule is CN=C(NCCc1ccc(F)cc1C)NCc1cccc(C(=O)NCCN(C)C)c1. The van der Waals surface area contributed by atoms with Crippen LogP contribution in [0.5, 0.6) is 0 Å². The standard InChI is InChI=1S/C23H32FN5O/c1-17-14-21(24)9-8-19(17)10-11-27-23(25-2)28-16-18-6-5-7-20(15-18)22(30)26-12-13-29(3)4/h5-9,14-15H,10-13,16H2,1-4H3,(H,26,30)(H2,25,27,28). The fourth-order valence-electron chi connectivity index (χ4n) is 2.98. The van der Waals surface area contributed by atoms with E-state index in [1.54, 1.807) is 13.1 Å². The minimum atomic E-state index is -0.213. The van der Waals surface area contributed by atoms with Crippen molar-refractivity contribution in [3.8, 4) is 0 Å². The highest BCUT2D eigenvalue weighted by atomic mass is 19.1. The predicted octanol–water partition coefficient (Wildman–Crippen LogP) is 2.33. The van der Waals surface area contributed by atoms with Crippen molar-refractivity contribution in [3.63, 3.8) is 0 Å². The Balaban J connectivity index is 1.82. The molecule has 0 fully saturated rings. The van der Waals surface area contributed by atoms with E-state index in [9.17, 15) is 9.18 Å². The molecule has 0 radical (unpaired) electrons. The summed E-state index contributed by atoms with van der Waals surface area (Å²) in [7, 11) is 5.66. The first-order chi connectivity index (χ1) is 14.4. The van der Waals surface area contributed by atoms with Crippen LogP contribution in [0.2, 0.25) is 0 Å². The Morgan fingerprint density at radius 3 is 2.57 bits per heavy atom. The van der Waals surface area contributed by atoms with Crippen molar-refractivity contribution in [1.82, 2.24) is 20.9 Å². The Morgan fingerprint density at radius 2 is 1.87 bits per heavy atom. The summed E-state index contributed by atoms with van der Waals surface area (Å²) in [5.74, 6) is 0.391. The van der Waals surface area contributed by atoms with Gasteiger partial charge in [-0.05, 0) is 68.4 Å². The molecule has 0 aromatic heterocycles. The smallest absolute Gasteiger partial charge is 0.251 e. The van der Waals surface area contributed by atoms with Gasteiger partial charge in [0.1, 0.15) is 5.82 Å². The molecule has 30 heavy (non-hydrogen) atoms. The molecule has 2 aromatic carbocycles. The molecular weight excluding hydrogens is 381 g/mol. The molecule has 6 nitrogen and oxygen atoms in total. The van der Waals surface area contributed by atoms with Gasteiger partial charge in [0.05, 0.1) is 0 Å². The van der Waals surface area contributed by atoms with Gasteiger partial charge >= 0.3 is 0 Å². The van der Waals surface area contributed by atoms with E-state index in [1.165, 1.54) is 6.07 Å². The number of aryl methyl sites for hydroxylation is 1. The second-order valence-electron chi connectivity index (χ2n) is 7.43. The van der Waals surface area contributed by atoms with Crippen molar-refractivity contribution in [2.24, 2.45) is 4.99 Å². The molecule has 162 valence electrons. The molecule has 7 heteroatoms. The van der Waals surface area contributed by atoms with Crippen molar-refractivity contribution in [2.75, 3.05) is 40.8 Å². The second-order valence-corrected chi connectivity index (χ2v) is 7.43. The zero-order valence-electron chi connectivity index (χ0n) is 18.3. The molecule has 0 aliphatic carbocycles. The van der Waals surface area contributed by atoms with Crippen LogP contribution in [0.3, 0.4) is 0 Å². The molecule has 0 aliphatic heterocycles. The fraction of sp³-hybridized carbons (Fsp3) is 0.391. The largest absolute Gasteiger partial charge is 0.356 e. The summed E-state index contributed by atoms with van der Waals surface area (Å²) < 4.78 is 13.2. The molecule has 0 heterocycles. The molecule has 3 N–H and O–H groups in total. The highest BCUT2D eigenvalue weighted by Crippen LogP contribution is 2.10. The van der Waals surface area contributed by atoms with Gasteiger partial charge in [0.25, 0.3) is 5.91 Å². The fourth-order valence-corrected chi connectivity index (χ4v) is 2.98.